The standard InChI is InChI=1S/C26H27ClN6O3S/c1-31-11-2-3-16(31)8-9-29-25(36)22-23(35)17-5-7-20(32-12-10-28-21(34)14-32)30-24(17)33-18-13-15(27)4-6-19(18)37-26(22)33/h4-7,13,16H,2-3,8-12,14H2,1H3,(H,28,34)(H,29,36). The van der Waals surface area contributed by atoms with Crippen LogP contribution in [0.1, 0.15) is 29.6 Å². The number of rotatable bonds is 5. The summed E-state index contributed by atoms with van der Waals surface area (Å²) in [6.45, 7) is 2.92. The fourth-order valence-electron chi connectivity index (χ4n) is 5.40. The van der Waals surface area contributed by atoms with E-state index >= 15 is 0 Å². The van der Waals surface area contributed by atoms with Crippen molar-refractivity contribution in [3.63, 3.8) is 0 Å². The highest BCUT2D eigenvalue weighted by Crippen LogP contribution is 2.33. The van der Waals surface area contributed by atoms with E-state index in [1.54, 1.807) is 18.2 Å². The molecule has 9 nitrogen and oxygen atoms in total. The summed E-state index contributed by atoms with van der Waals surface area (Å²) in [6.07, 6.45) is 3.14. The quantitative estimate of drug-likeness (QED) is 0.405. The van der Waals surface area contributed by atoms with Gasteiger partial charge in [-0.2, -0.15) is 0 Å². The van der Waals surface area contributed by atoms with E-state index < -0.39 is 0 Å². The van der Waals surface area contributed by atoms with Gasteiger partial charge in [0.1, 0.15) is 16.2 Å². The minimum absolute atomic E-state index is 0.0703. The van der Waals surface area contributed by atoms with Gasteiger partial charge < -0.3 is 20.4 Å². The number of amides is 2. The largest absolute Gasteiger partial charge is 0.353 e. The van der Waals surface area contributed by atoms with Crippen LogP contribution in [-0.2, 0) is 4.79 Å². The van der Waals surface area contributed by atoms with Crippen molar-refractivity contribution in [1.82, 2.24) is 24.9 Å². The van der Waals surface area contributed by atoms with Gasteiger partial charge in [0.15, 0.2) is 5.65 Å². The number of halogens is 1. The number of fused-ring (bicyclic) bond motifs is 5. The number of anilines is 1. The minimum Gasteiger partial charge on any atom is -0.353 e. The summed E-state index contributed by atoms with van der Waals surface area (Å²) in [5.74, 6) is 0.160. The Balaban J connectivity index is 1.47. The number of thiazole rings is 1. The number of carbonyl (C=O) groups excluding carboxylic acids is 2. The van der Waals surface area contributed by atoms with Gasteiger partial charge in [0.05, 0.1) is 22.1 Å². The molecule has 2 aliphatic rings. The third-order valence-electron chi connectivity index (χ3n) is 7.35. The lowest BCUT2D eigenvalue weighted by molar-refractivity contribution is -0.120. The van der Waals surface area contributed by atoms with Crippen LogP contribution in [0.25, 0.3) is 26.1 Å². The monoisotopic (exact) mass is 538 g/mol. The zero-order valence-corrected chi connectivity index (χ0v) is 22.0. The summed E-state index contributed by atoms with van der Waals surface area (Å²) < 4.78 is 2.75. The van der Waals surface area contributed by atoms with E-state index in [0.717, 1.165) is 29.6 Å². The van der Waals surface area contributed by atoms with E-state index in [0.29, 0.717) is 52.4 Å². The second-order valence-electron chi connectivity index (χ2n) is 9.69. The number of hydrogen-bond acceptors (Lipinski definition) is 7. The molecule has 0 radical (unpaired) electrons. The molecule has 1 unspecified atom stereocenters. The number of carbonyl (C=O) groups is 2. The topological polar surface area (TPSA) is 99.0 Å². The molecule has 2 amide bonds. The Labute approximate surface area is 222 Å². The zero-order chi connectivity index (χ0) is 25.7. The smallest absolute Gasteiger partial charge is 0.258 e. The van der Waals surface area contributed by atoms with Crippen molar-refractivity contribution in [2.24, 2.45) is 0 Å². The van der Waals surface area contributed by atoms with Crippen LogP contribution in [-0.4, -0.2) is 71.9 Å². The SMILES string of the molecule is CN1CCCC1CCNC(=O)c1c(=O)c2ccc(N3CCNC(=O)C3)nc2n2c1sc1ccc(Cl)cc12. The van der Waals surface area contributed by atoms with Crippen molar-refractivity contribution in [3.8, 4) is 0 Å². The predicted octanol–water partition coefficient (Wildman–Crippen LogP) is 2.87. The van der Waals surface area contributed by atoms with Crippen LogP contribution in [0.4, 0.5) is 5.82 Å². The molecule has 0 aliphatic carbocycles. The Morgan fingerprint density at radius 3 is 2.89 bits per heavy atom. The number of pyridine rings is 2. The highest BCUT2D eigenvalue weighted by molar-refractivity contribution is 7.24. The summed E-state index contributed by atoms with van der Waals surface area (Å²) in [6, 6.07) is 9.41. The molecule has 6 rings (SSSR count). The average Bonchev–Trinajstić information content (AvgIpc) is 3.46. The Kier molecular flexibility index (Phi) is 6.26. The van der Waals surface area contributed by atoms with Crippen molar-refractivity contribution in [2.45, 2.75) is 25.3 Å². The fraction of sp³-hybridized carbons (Fsp3) is 0.385. The molecule has 1 atom stereocenters. The molecule has 37 heavy (non-hydrogen) atoms. The molecule has 3 aromatic heterocycles. The van der Waals surface area contributed by atoms with Crippen molar-refractivity contribution in [3.05, 3.63) is 51.1 Å². The van der Waals surface area contributed by atoms with E-state index in [2.05, 4.69) is 22.6 Å². The summed E-state index contributed by atoms with van der Waals surface area (Å²) in [5, 5.41) is 6.71. The van der Waals surface area contributed by atoms with E-state index in [9.17, 15) is 14.4 Å². The van der Waals surface area contributed by atoms with E-state index in [-0.39, 0.29) is 29.4 Å². The number of piperazine rings is 1. The van der Waals surface area contributed by atoms with Crippen LogP contribution in [0.5, 0.6) is 0 Å². The molecule has 2 saturated heterocycles. The molecular formula is C26H27ClN6O3S. The number of benzene rings is 1. The predicted molar refractivity (Wildman–Crippen MR) is 147 cm³/mol. The Morgan fingerprint density at radius 2 is 2.11 bits per heavy atom. The first-order valence-corrected chi connectivity index (χ1v) is 13.7. The van der Waals surface area contributed by atoms with Crippen molar-refractivity contribution < 1.29 is 9.59 Å². The minimum atomic E-state index is -0.375. The number of likely N-dealkylation sites (tertiary alicyclic amines) is 1. The Morgan fingerprint density at radius 1 is 1.24 bits per heavy atom. The van der Waals surface area contributed by atoms with Gasteiger partial charge in [0.25, 0.3) is 5.91 Å². The van der Waals surface area contributed by atoms with Crippen molar-refractivity contribution in [2.75, 3.05) is 44.7 Å². The molecule has 192 valence electrons. The molecule has 0 saturated carbocycles. The first-order valence-electron chi connectivity index (χ1n) is 12.5. The van der Waals surface area contributed by atoms with Gasteiger partial charge in [0, 0.05) is 30.7 Å². The molecule has 2 fully saturated rings. The molecule has 1 aromatic carbocycles. The molecular weight excluding hydrogens is 512 g/mol. The molecule has 5 heterocycles. The summed E-state index contributed by atoms with van der Waals surface area (Å²) in [7, 11) is 2.11. The van der Waals surface area contributed by atoms with Crippen LogP contribution in [0, 0.1) is 0 Å². The van der Waals surface area contributed by atoms with E-state index in [4.69, 9.17) is 16.6 Å². The lowest BCUT2D eigenvalue weighted by Crippen LogP contribution is -2.48. The van der Waals surface area contributed by atoms with E-state index in [1.807, 2.05) is 21.4 Å². The number of nitrogens with one attached hydrogen (secondary N) is 2. The summed E-state index contributed by atoms with van der Waals surface area (Å²) in [4.78, 5) is 48.7. The fourth-order valence-corrected chi connectivity index (χ4v) is 6.73. The van der Waals surface area contributed by atoms with Gasteiger partial charge in [-0.15, -0.1) is 11.3 Å². The molecule has 0 spiro atoms. The van der Waals surface area contributed by atoms with Crippen LogP contribution in [0.2, 0.25) is 5.02 Å². The summed E-state index contributed by atoms with van der Waals surface area (Å²) in [5.41, 5.74) is 0.997. The average molecular weight is 539 g/mol. The van der Waals surface area contributed by atoms with Crippen LogP contribution in [0.3, 0.4) is 0 Å². The first kappa shape index (κ1) is 24.1. The van der Waals surface area contributed by atoms with Crippen LogP contribution < -0.4 is 21.0 Å². The Hall–Kier alpha value is -3.21. The maximum absolute atomic E-state index is 13.7. The maximum Gasteiger partial charge on any atom is 0.258 e. The highest BCUT2D eigenvalue weighted by atomic mass is 35.5. The molecule has 2 aliphatic heterocycles. The van der Waals surface area contributed by atoms with Gasteiger partial charge >= 0.3 is 0 Å². The van der Waals surface area contributed by atoms with E-state index in [1.165, 1.54) is 17.8 Å². The normalized spacial score (nSPS) is 18.7. The van der Waals surface area contributed by atoms with Gasteiger partial charge in [-0.1, -0.05) is 11.6 Å². The number of nitrogens with zero attached hydrogens (tertiary/aromatic N) is 4. The van der Waals surface area contributed by atoms with Gasteiger partial charge in [-0.25, -0.2) is 4.98 Å². The molecule has 11 heteroatoms. The van der Waals surface area contributed by atoms with Crippen molar-refractivity contribution in [1.29, 1.82) is 0 Å². The third kappa shape index (κ3) is 4.32. The molecule has 0 bridgehead atoms. The Bertz CT molecular complexity index is 1620. The van der Waals surface area contributed by atoms with Crippen LogP contribution in [0.15, 0.2) is 35.1 Å². The lowest BCUT2D eigenvalue weighted by atomic mass is 10.1. The highest BCUT2D eigenvalue weighted by Gasteiger charge is 2.25. The second kappa shape index (κ2) is 9.59. The maximum atomic E-state index is 13.7. The molecule has 2 N–H and O–H groups in total. The first-order chi connectivity index (χ1) is 17.9. The zero-order valence-electron chi connectivity index (χ0n) is 20.4. The van der Waals surface area contributed by atoms with Gasteiger partial charge in [-0.05, 0) is 63.2 Å². The second-order valence-corrected chi connectivity index (χ2v) is 11.2. The van der Waals surface area contributed by atoms with Crippen molar-refractivity contribution >= 4 is 66.7 Å². The summed E-state index contributed by atoms with van der Waals surface area (Å²) >= 11 is 7.72. The van der Waals surface area contributed by atoms with Crippen LogP contribution >= 0.6 is 22.9 Å². The third-order valence-corrected chi connectivity index (χ3v) is 8.73. The lowest BCUT2D eigenvalue weighted by Gasteiger charge is -2.27. The number of hydrogen-bond donors (Lipinski definition) is 2. The number of aromatic nitrogens is 2. The van der Waals surface area contributed by atoms with Gasteiger partial charge in [0.2, 0.25) is 11.3 Å². The molecule has 4 aromatic rings. The van der Waals surface area contributed by atoms with Gasteiger partial charge in [-0.3, -0.25) is 18.8 Å².